The molecular formula is C16H25N3OS. The lowest BCUT2D eigenvalue weighted by Gasteiger charge is -2.20. The maximum Gasteiger partial charge on any atom is 0.119 e. The standard InChI is InChI=1S/C16H25N3OS/c1-18-7-3-8-19(11-10-18)9-4-12-20-15-6-2-5-14(13-15)16(17)21/h2,5-6,13H,3-4,7-12H2,1H3,(H2,17,21). The van der Waals surface area contributed by atoms with Crippen LogP contribution in [-0.2, 0) is 0 Å². The molecular weight excluding hydrogens is 282 g/mol. The van der Waals surface area contributed by atoms with Gasteiger partial charge in [0.05, 0.1) is 6.61 Å². The zero-order valence-corrected chi connectivity index (χ0v) is 13.6. The van der Waals surface area contributed by atoms with E-state index < -0.39 is 0 Å². The van der Waals surface area contributed by atoms with E-state index in [1.54, 1.807) is 0 Å². The molecule has 0 spiro atoms. The predicted molar refractivity (Wildman–Crippen MR) is 91.0 cm³/mol. The summed E-state index contributed by atoms with van der Waals surface area (Å²) >= 11 is 4.98. The van der Waals surface area contributed by atoms with Crippen molar-refractivity contribution in [2.24, 2.45) is 5.73 Å². The van der Waals surface area contributed by atoms with Gasteiger partial charge < -0.3 is 20.3 Å². The minimum atomic E-state index is 0.411. The van der Waals surface area contributed by atoms with Crippen molar-refractivity contribution in [2.75, 3.05) is 46.4 Å². The average molecular weight is 307 g/mol. The molecule has 2 N–H and O–H groups in total. The van der Waals surface area contributed by atoms with Crippen LogP contribution in [0.2, 0.25) is 0 Å². The fourth-order valence-electron chi connectivity index (χ4n) is 2.54. The van der Waals surface area contributed by atoms with Gasteiger partial charge in [0.15, 0.2) is 0 Å². The number of thiocarbonyl (C=S) groups is 1. The van der Waals surface area contributed by atoms with Gasteiger partial charge in [0.1, 0.15) is 10.7 Å². The zero-order chi connectivity index (χ0) is 15.1. The number of likely N-dealkylation sites (N-methyl/N-ethyl adjacent to an activating group) is 1. The lowest BCUT2D eigenvalue weighted by molar-refractivity contribution is 0.237. The summed E-state index contributed by atoms with van der Waals surface area (Å²) < 4.78 is 5.79. The quantitative estimate of drug-likeness (QED) is 0.640. The van der Waals surface area contributed by atoms with E-state index in [0.29, 0.717) is 4.99 Å². The number of rotatable bonds is 6. The topological polar surface area (TPSA) is 41.7 Å². The monoisotopic (exact) mass is 307 g/mol. The van der Waals surface area contributed by atoms with Gasteiger partial charge in [-0.25, -0.2) is 0 Å². The third-order valence-corrected chi connectivity index (χ3v) is 4.05. The van der Waals surface area contributed by atoms with Crippen molar-refractivity contribution in [2.45, 2.75) is 12.8 Å². The van der Waals surface area contributed by atoms with E-state index in [4.69, 9.17) is 22.7 Å². The van der Waals surface area contributed by atoms with Crippen LogP contribution >= 0.6 is 12.2 Å². The van der Waals surface area contributed by atoms with Crippen LogP contribution in [0.4, 0.5) is 0 Å². The molecule has 5 heteroatoms. The van der Waals surface area contributed by atoms with Crippen molar-refractivity contribution in [1.82, 2.24) is 9.80 Å². The molecule has 0 bridgehead atoms. The maximum atomic E-state index is 5.79. The number of hydrogen-bond donors (Lipinski definition) is 1. The zero-order valence-electron chi connectivity index (χ0n) is 12.8. The summed E-state index contributed by atoms with van der Waals surface area (Å²) in [6.45, 7) is 6.56. The van der Waals surface area contributed by atoms with Crippen LogP contribution in [0.3, 0.4) is 0 Å². The second-order valence-electron chi connectivity index (χ2n) is 5.59. The van der Waals surface area contributed by atoms with Crippen molar-refractivity contribution >= 4 is 17.2 Å². The highest BCUT2D eigenvalue weighted by Crippen LogP contribution is 2.13. The molecule has 0 amide bonds. The fourth-order valence-corrected chi connectivity index (χ4v) is 2.67. The highest BCUT2D eigenvalue weighted by Gasteiger charge is 2.11. The van der Waals surface area contributed by atoms with Gasteiger partial charge in [-0.05, 0) is 45.1 Å². The van der Waals surface area contributed by atoms with Crippen molar-refractivity contribution in [3.05, 3.63) is 29.8 Å². The fraction of sp³-hybridized carbons (Fsp3) is 0.562. The first-order chi connectivity index (χ1) is 10.1. The Balaban J connectivity index is 1.69. The Morgan fingerprint density at radius 2 is 2.14 bits per heavy atom. The first kappa shape index (κ1) is 16.2. The second kappa shape index (κ2) is 8.32. The Bertz CT molecular complexity index is 467. The van der Waals surface area contributed by atoms with Crippen LogP contribution < -0.4 is 10.5 Å². The van der Waals surface area contributed by atoms with E-state index in [9.17, 15) is 0 Å². The van der Waals surface area contributed by atoms with Gasteiger partial charge >= 0.3 is 0 Å². The lowest BCUT2D eigenvalue weighted by Crippen LogP contribution is -2.30. The van der Waals surface area contributed by atoms with Gasteiger partial charge in [0.2, 0.25) is 0 Å². The minimum Gasteiger partial charge on any atom is -0.494 e. The highest BCUT2D eigenvalue weighted by atomic mass is 32.1. The Kier molecular flexibility index (Phi) is 6.42. The summed E-state index contributed by atoms with van der Waals surface area (Å²) in [5.41, 5.74) is 6.49. The Morgan fingerprint density at radius 3 is 2.95 bits per heavy atom. The van der Waals surface area contributed by atoms with Crippen LogP contribution in [0.25, 0.3) is 0 Å². The molecule has 1 aromatic rings. The first-order valence-corrected chi connectivity index (χ1v) is 7.99. The van der Waals surface area contributed by atoms with Crippen LogP contribution in [0.1, 0.15) is 18.4 Å². The van der Waals surface area contributed by atoms with Gasteiger partial charge in [-0.1, -0.05) is 24.4 Å². The van der Waals surface area contributed by atoms with E-state index in [-0.39, 0.29) is 0 Å². The Morgan fingerprint density at radius 1 is 1.29 bits per heavy atom. The SMILES string of the molecule is CN1CCCN(CCCOc2cccc(C(N)=S)c2)CC1. The Labute approximate surface area is 132 Å². The predicted octanol–water partition coefficient (Wildman–Crippen LogP) is 1.73. The largest absolute Gasteiger partial charge is 0.494 e. The molecule has 1 fully saturated rings. The molecule has 1 aliphatic rings. The normalized spacial score (nSPS) is 17.4. The molecule has 0 unspecified atom stereocenters. The smallest absolute Gasteiger partial charge is 0.119 e. The molecule has 1 saturated heterocycles. The number of nitrogens with zero attached hydrogens (tertiary/aromatic N) is 2. The van der Waals surface area contributed by atoms with Crippen LogP contribution in [0, 0.1) is 0 Å². The van der Waals surface area contributed by atoms with Crippen molar-refractivity contribution in [3.8, 4) is 5.75 Å². The van der Waals surface area contributed by atoms with Gasteiger partial charge in [0.25, 0.3) is 0 Å². The minimum absolute atomic E-state index is 0.411. The van der Waals surface area contributed by atoms with Crippen molar-refractivity contribution in [1.29, 1.82) is 0 Å². The molecule has 21 heavy (non-hydrogen) atoms. The molecule has 0 aliphatic carbocycles. The maximum absolute atomic E-state index is 5.79. The molecule has 0 radical (unpaired) electrons. The molecule has 2 rings (SSSR count). The number of ether oxygens (including phenoxy) is 1. The summed E-state index contributed by atoms with van der Waals surface area (Å²) in [6.07, 6.45) is 2.30. The summed E-state index contributed by atoms with van der Waals surface area (Å²) in [5.74, 6) is 0.843. The van der Waals surface area contributed by atoms with E-state index in [2.05, 4.69) is 16.8 Å². The van der Waals surface area contributed by atoms with E-state index >= 15 is 0 Å². The van der Waals surface area contributed by atoms with E-state index in [0.717, 1.165) is 44.0 Å². The molecule has 0 saturated carbocycles. The van der Waals surface area contributed by atoms with Gasteiger partial charge in [0, 0.05) is 25.2 Å². The van der Waals surface area contributed by atoms with Gasteiger partial charge in [-0.3, -0.25) is 0 Å². The average Bonchev–Trinajstić information content (AvgIpc) is 2.69. The molecule has 0 aromatic heterocycles. The molecule has 1 heterocycles. The molecule has 0 atom stereocenters. The van der Waals surface area contributed by atoms with E-state index in [1.165, 1.54) is 19.5 Å². The summed E-state index contributed by atoms with van der Waals surface area (Å²) in [6, 6.07) is 7.68. The number of hydrogen-bond acceptors (Lipinski definition) is 4. The van der Waals surface area contributed by atoms with Crippen LogP contribution in [0.15, 0.2) is 24.3 Å². The molecule has 116 valence electrons. The summed E-state index contributed by atoms with van der Waals surface area (Å²) in [7, 11) is 2.20. The van der Waals surface area contributed by atoms with Gasteiger partial charge in [-0.15, -0.1) is 0 Å². The van der Waals surface area contributed by atoms with Crippen molar-refractivity contribution < 1.29 is 4.74 Å². The lowest BCUT2D eigenvalue weighted by atomic mass is 10.2. The summed E-state index contributed by atoms with van der Waals surface area (Å²) in [5, 5.41) is 0. The summed E-state index contributed by atoms with van der Waals surface area (Å²) in [4.78, 5) is 5.34. The third kappa shape index (κ3) is 5.61. The van der Waals surface area contributed by atoms with E-state index in [1.807, 2.05) is 24.3 Å². The molecule has 4 nitrogen and oxygen atoms in total. The second-order valence-corrected chi connectivity index (χ2v) is 6.03. The molecule has 1 aliphatic heterocycles. The van der Waals surface area contributed by atoms with Crippen LogP contribution in [0.5, 0.6) is 5.75 Å². The van der Waals surface area contributed by atoms with Gasteiger partial charge in [-0.2, -0.15) is 0 Å². The number of nitrogens with two attached hydrogens (primary N) is 1. The molecule has 1 aromatic carbocycles. The Hall–Kier alpha value is -1.17. The first-order valence-electron chi connectivity index (χ1n) is 7.59. The third-order valence-electron chi connectivity index (χ3n) is 3.82. The van der Waals surface area contributed by atoms with Crippen molar-refractivity contribution in [3.63, 3.8) is 0 Å². The number of benzene rings is 1. The highest BCUT2D eigenvalue weighted by molar-refractivity contribution is 7.80. The van der Waals surface area contributed by atoms with Crippen LogP contribution in [-0.4, -0.2) is 61.2 Å².